The van der Waals surface area contributed by atoms with Gasteiger partial charge in [-0.1, -0.05) is 32.8 Å². The summed E-state index contributed by atoms with van der Waals surface area (Å²) in [6.45, 7) is 4.35. The molecule has 1 N–H and O–H groups in total. The average molecular weight is 192 g/mol. The molecule has 0 saturated carbocycles. The fourth-order valence-electron chi connectivity index (χ4n) is 1.70. The zero-order valence-electron chi connectivity index (χ0n) is 9.21. The predicted molar refractivity (Wildman–Crippen MR) is 60.7 cm³/mol. The van der Waals surface area contributed by atoms with E-state index >= 15 is 0 Å². The van der Waals surface area contributed by atoms with Crippen molar-refractivity contribution in [2.75, 3.05) is 0 Å². The Balaban J connectivity index is 2.73. The molecule has 1 nitrogen and oxygen atoms in total. The second kappa shape index (κ2) is 5.69. The number of phenols is 1. The molecule has 0 aliphatic heterocycles. The summed E-state index contributed by atoms with van der Waals surface area (Å²) in [6, 6.07) is 5.98. The lowest BCUT2D eigenvalue weighted by atomic mass is 10.0. The van der Waals surface area contributed by atoms with E-state index in [0.29, 0.717) is 5.75 Å². The predicted octanol–water partition coefficient (Wildman–Crippen LogP) is 3.69. The SMILES string of the molecule is CCCCc1cc(O)cc(CCC)c1. The topological polar surface area (TPSA) is 20.2 Å². The molecule has 0 atom stereocenters. The molecule has 14 heavy (non-hydrogen) atoms. The molecular weight excluding hydrogens is 172 g/mol. The third-order valence-corrected chi connectivity index (χ3v) is 2.40. The molecule has 1 aromatic rings. The van der Waals surface area contributed by atoms with Crippen molar-refractivity contribution >= 4 is 0 Å². The second-order valence-electron chi connectivity index (χ2n) is 3.86. The summed E-state index contributed by atoms with van der Waals surface area (Å²) in [6.07, 6.45) is 5.69. The van der Waals surface area contributed by atoms with E-state index in [1.165, 1.54) is 24.0 Å². The zero-order chi connectivity index (χ0) is 10.4. The molecule has 0 bridgehead atoms. The van der Waals surface area contributed by atoms with Gasteiger partial charge in [-0.3, -0.25) is 0 Å². The molecule has 0 aliphatic carbocycles. The number of unbranched alkanes of at least 4 members (excludes halogenated alkanes) is 1. The summed E-state index contributed by atoms with van der Waals surface area (Å²) in [5, 5.41) is 9.52. The van der Waals surface area contributed by atoms with Crippen LogP contribution >= 0.6 is 0 Å². The highest BCUT2D eigenvalue weighted by Gasteiger charge is 1.99. The summed E-state index contributed by atoms with van der Waals surface area (Å²) < 4.78 is 0. The Labute approximate surface area is 86.8 Å². The number of aromatic hydroxyl groups is 1. The van der Waals surface area contributed by atoms with Crippen molar-refractivity contribution in [1.29, 1.82) is 0 Å². The van der Waals surface area contributed by atoms with Crippen LogP contribution in [0.25, 0.3) is 0 Å². The molecule has 0 saturated heterocycles. The van der Waals surface area contributed by atoms with Gasteiger partial charge in [-0.25, -0.2) is 0 Å². The van der Waals surface area contributed by atoms with Gasteiger partial charge in [0.1, 0.15) is 5.75 Å². The monoisotopic (exact) mass is 192 g/mol. The van der Waals surface area contributed by atoms with Crippen LogP contribution in [0.2, 0.25) is 0 Å². The minimum Gasteiger partial charge on any atom is -0.508 e. The Hall–Kier alpha value is -0.980. The van der Waals surface area contributed by atoms with Crippen molar-refractivity contribution in [1.82, 2.24) is 0 Å². The van der Waals surface area contributed by atoms with Gasteiger partial charge in [-0.15, -0.1) is 0 Å². The lowest BCUT2D eigenvalue weighted by Crippen LogP contribution is -1.89. The van der Waals surface area contributed by atoms with Gasteiger partial charge in [0.05, 0.1) is 0 Å². The van der Waals surface area contributed by atoms with Crippen LogP contribution in [0.4, 0.5) is 0 Å². The van der Waals surface area contributed by atoms with Crippen LogP contribution in [0.15, 0.2) is 18.2 Å². The number of phenolic OH excluding ortho intramolecular Hbond substituents is 1. The van der Waals surface area contributed by atoms with Crippen LogP contribution in [0.5, 0.6) is 5.75 Å². The zero-order valence-corrected chi connectivity index (χ0v) is 9.21. The Morgan fingerprint density at radius 3 is 2.14 bits per heavy atom. The molecular formula is C13H20O. The van der Waals surface area contributed by atoms with Gasteiger partial charge in [-0.05, 0) is 42.5 Å². The quantitative estimate of drug-likeness (QED) is 0.754. The molecule has 0 aliphatic rings. The molecule has 1 rings (SSSR count). The van der Waals surface area contributed by atoms with E-state index in [1.54, 1.807) is 0 Å². The molecule has 0 spiro atoms. The van der Waals surface area contributed by atoms with Gasteiger partial charge < -0.3 is 5.11 Å². The lowest BCUT2D eigenvalue weighted by molar-refractivity contribution is 0.473. The van der Waals surface area contributed by atoms with Crippen molar-refractivity contribution in [2.45, 2.75) is 46.0 Å². The first-order chi connectivity index (χ1) is 6.76. The Morgan fingerprint density at radius 1 is 0.929 bits per heavy atom. The largest absolute Gasteiger partial charge is 0.508 e. The van der Waals surface area contributed by atoms with Crippen molar-refractivity contribution in [3.8, 4) is 5.75 Å². The van der Waals surface area contributed by atoms with Gasteiger partial charge in [0, 0.05) is 0 Å². The first-order valence-corrected chi connectivity index (χ1v) is 5.58. The van der Waals surface area contributed by atoms with Crippen molar-refractivity contribution in [2.24, 2.45) is 0 Å². The number of aryl methyl sites for hydroxylation is 2. The van der Waals surface area contributed by atoms with E-state index in [4.69, 9.17) is 0 Å². The standard InChI is InChI=1S/C13H20O/c1-3-5-7-12-8-11(6-4-2)9-13(14)10-12/h8-10,14H,3-7H2,1-2H3. The van der Waals surface area contributed by atoms with E-state index in [1.807, 2.05) is 12.1 Å². The molecule has 0 heterocycles. The normalized spacial score (nSPS) is 10.4. The van der Waals surface area contributed by atoms with E-state index in [9.17, 15) is 5.11 Å². The summed E-state index contributed by atoms with van der Waals surface area (Å²) in [5.41, 5.74) is 2.54. The fraction of sp³-hybridized carbons (Fsp3) is 0.538. The van der Waals surface area contributed by atoms with Crippen LogP contribution in [-0.2, 0) is 12.8 Å². The Bertz CT molecular complexity index is 279. The number of hydrogen-bond donors (Lipinski definition) is 1. The minimum absolute atomic E-state index is 0.419. The highest BCUT2D eigenvalue weighted by molar-refractivity contribution is 5.33. The maximum absolute atomic E-state index is 9.52. The molecule has 0 amide bonds. The van der Waals surface area contributed by atoms with Gasteiger partial charge in [0.15, 0.2) is 0 Å². The maximum Gasteiger partial charge on any atom is 0.116 e. The van der Waals surface area contributed by atoms with Crippen molar-refractivity contribution in [3.63, 3.8) is 0 Å². The first-order valence-electron chi connectivity index (χ1n) is 5.58. The minimum atomic E-state index is 0.419. The van der Waals surface area contributed by atoms with Crippen LogP contribution in [0, 0.1) is 0 Å². The molecule has 1 aromatic carbocycles. The highest BCUT2D eigenvalue weighted by Crippen LogP contribution is 2.18. The lowest BCUT2D eigenvalue weighted by Gasteiger charge is -2.05. The second-order valence-corrected chi connectivity index (χ2v) is 3.86. The highest BCUT2D eigenvalue weighted by atomic mass is 16.3. The van der Waals surface area contributed by atoms with E-state index < -0.39 is 0 Å². The van der Waals surface area contributed by atoms with Gasteiger partial charge in [-0.2, -0.15) is 0 Å². The maximum atomic E-state index is 9.52. The van der Waals surface area contributed by atoms with Crippen molar-refractivity contribution < 1.29 is 5.11 Å². The first kappa shape index (κ1) is 11.1. The Kier molecular flexibility index (Phi) is 4.51. The Morgan fingerprint density at radius 2 is 1.57 bits per heavy atom. The van der Waals surface area contributed by atoms with E-state index in [2.05, 4.69) is 19.9 Å². The summed E-state index contributed by atoms with van der Waals surface area (Å²) in [5.74, 6) is 0.419. The number of rotatable bonds is 5. The average Bonchev–Trinajstić information content (AvgIpc) is 2.14. The van der Waals surface area contributed by atoms with Gasteiger partial charge in [0.25, 0.3) is 0 Å². The van der Waals surface area contributed by atoms with Crippen LogP contribution in [-0.4, -0.2) is 5.11 Å². The summed E-state index contributed by atoms with van der Waals surface area (Å²) in [7, 11) is 0. The molecule has 0 unspecified atom stereocenters. The van der Waals surface area contributed by atoms with E-state index in [-0.39, 0.29) is 0 Å². The third-order valence-electron chi connectivity index (χ3n) is 2.40. The van der Waals surface area contributed by atoms with Crippen LogP contribution in [0.1, 0.15) is 44.2 Å². The third kappa shape index (κ3) is 3.41. The smallest absolute Gasteiger partial charge is 0.116 e. The number of hydrogen-bond acceptors (Lipinski definition) is 1. The molecule has 0 aromatic heterocycles. The summed E-state index contributed by atoms with van der Waals surface area (Å²) in [4.78, 5) is 0. The van der Waals surface area contributed by atoms with Crippen molar-refractivity contribution in [3.05, 3.63) is 29.3 Å². The van der Waals surface area contributed by atoms with Gasteiger partial charge >= 0.3 is 0 Å². The van der Waals surface area contributed by atoms with Gasteiger partial charge in [0.2, 0.25) is 0 Å². The molecule has 1 heteroatoms. The molecule has 0 radical (unpaired) electrons. The molecule has 0 fully saturated rings. The molecule has 78 valence electrons. The van der Waals surface area contributed by atoms with E-state index in [0.717, 1.165) is 19.3 Å². The summed E-state index contributed by atoms with van der Waals surface area (Å²) >= 11 is 0. The van der Waals surface area contributed by atoms with Crippen LogP contribution < -0.4 is 0 Å². The van der Waals surface area contributed by atoms with Crippen LogP contribution in [0.3, 0.4) is 0 Å². The fourth-order valence-corrected chi connectivity index (χ4v) is 1.70. The number of benzene rings is 1.